The van der Waals surface area contributed by atoms with Crippen LogP contribution < -0.4 is 0 Å². The number of ether oxygens (including phenoxy) is 4. The number of fused-ring (bicyclic) bond motifs is 7. The van der Waals surface area contributed by atoms with Gasteiger partial charge in [0, 0.05) is 37.5 Å². The Morgan fingerprint density at radius 3 is 2.17 bits per heavy atom. The molecule has 0 radical (unpaired) electrons. The summed E-state index contributed by atoms with van der Waals surface area (Å²) in [6.07, 6.45) is 8.39. The van der Waals surface area contributed by atoms with Crippen LogP contribution in [0.2, 0.25) is 0 Å². The number of rotatable bonds is 3. The van der Waals surface area contributed by atoms with Crippen molar-refractivity contribution in [3.63, 3.8) is 0 Å². The van der Waals surface area contributed by atoms with Gasteiger partial charge in [-0.25, -0.2) is 0 Å². The van der Waals surface area contributed by atoms with E-state index in [4.69, 9.17) is 18.9 Å². The molecule has 41 heavy (non-hydrogen) atoms. The summed E-state index contributed by atoms with van der Waals surface area (Å²) in [5.74, 6) is -0.606. The van der Waals surface area contributed by atoms with Crippen LogP contribution in [0.4, 0.5) is 0 Å². The minimum atomic E-state index is -1.10. The Morgan fingerprint density at radius 2 is 1.54 bits per heavy atom. The molecule has 2 heterocycles. The third kappa shape index (κ3) is 3.22. The van der Waals surface area contributed by atoms with Crippen LogP contribution >= 0.6 is 0 Å². The smallest absolute Gasteiger partial charge is 0.302 e. The van der Waals surface area contributed by atoms with Gasteiger partial charge in [0.25, 0.3) is 0 Å². The van der Waals surface area contributed by atoms with Gasteiger partial charge in [0.15, 0.2) is 5.79 Å². The van der Waals surface area contributed by atoms with E-state index in [9.17, 15) is 14.7 Å². The number of carbonyl (C=O) groups is 2. The molecule has 0 unspecified atom stereocenters. The second kappa shape index (κ2) is 7.90. The van der Waals surface area contributed by atoms with Crippen LogP contribution in [0.5, 0.6) is 0 Å². The molecular weight excluding hydrogens is 520 g/mol. The van der Waals surface area contributed by atoms with Gasteiger partial charge in [-0.05, 0) is 99.7 Å². The van der Waals surface area contributed by atoms with E-state index in [1.54, 1.807) is 6.92 Å². The molecule has 1 N–H and O–H groups in total. The van der Waals surface area contributed by atoms with E-state index in [2.05, 4.69) is 34.6 Å². The highest BCUT2D eigenvalue weighted by molar-refractivity contribution is 5.66. The van der Waals surface area contributed by atoms with E-state index in [1.807, 2.05) is 13.8 Å². The lowest BCUT2D eigenvalue weighted by Crippen LogP contribution is -2.65. The number of hydrogen-bond acceptors (Lipinski definition) is 7. The first-order valence-electron chi connectivity index (χ1n) is 16.3. The third-order valence-electron chi connectivity index (χ3n) is 14.9. The molecule has 5 aliphatic carbocycles. The van der Waals surface area contributed by atoms with Crippen LogP contribution in [0.1, 0.15) is 120 Å². The summed E-state index contributed by atoms with van der Waals surface area (Å²) in [5, 5.41) is 11.2. The monoisotopic (exact) mass is 572 g/mol. The van der Waals surface area contributed by atoms with Crippen molar-refractivity contribution < 1.29 is 33.6 Å². The number of esters is 2. The highest BCUT2D eigenvalue weighted by Crippen LogP contribution is 2.90. The quantitative estimate of drug-likeness (QED) is 0.418. The first-order valence-corrected chi connectivity index (χ1v) is 16.3. The van der Waals surface area contributed by atoms with Crippen molar-refractivity contribution in [2.24, 2.45) is 44.8 Å². The van der Waals surface area contributed by atoms with Crippen molar-refractivity contribution in [3.05, 3.63) is 0 Å². The highest BCUT2D eigenvalue weighted by atomic mass is 16.7. The zero-order valence-corrected chi connectivity index (χ0v) is 26.7. The fourth-order valence-corrected chi connectivity index (χ4v) is 13.3. The summed E-state index contributed by atoms with van der Waals surface area (Å²) < 4.78 is 26.1. The van der Waals surface area contributed by atoms with Crippen molar-refractivity contribution >= 4 is 11.9 Å². The molecule has 0 amide bonds. The average Bonchev–Trinajstić information content (AvgIpc) is 3.28. The molecule has 230 valence electrons. The maximum Gasteiger partial charge on any atom is 0.302 e. The predicted molar refractivity (Wildman–Crippen MR) is 151 cm³/mol. The Bertz CT molecular complexity index is 1190. The molecule has 2 spiro atoms. The van der Waals surface area contributed by atoms with E-state index in [1.165, 1.54) is 13.3 Å². The molecule has 2 aliphatic heterocycles. The van der Waals surface area contributed by atoms with Crippen molar-refractivity contribution in [2.75, 3.05) is 0 Å². The standard InChI is InChI=1S/C34H52O7/c1-19(35)38-21-16-23-27(3,4)24(39-20(2)36)10-11-32(23)18-33(32)14-12-29(7)25-22(17-30(29,8)26(21)33)40-34(28(5,6)37)15-13-31(25,9)41-34/h21-26,37H,10-18H2,1-9H3/t21-,22-,23-,24-,25-,26-,29+,30-,31+,32+,33-,34+/m0/s1. The molecule has 0 aromatic heterocycles. The third-order valence-corrected chi connectivity index (χ3v) is 14.9. The molecule has 7 rings (SSSR count). The number of hydrogen-bond donors (Lipinski definition) is 1. The second-order valence-electron chi connectivity index (χ2n) is 17.3. The lowest BCUT2D eigenvalue weighted by atomic mass is 9.41. The number of carbonyl (C=O) groups excluding carboxylic acids is 2. The van der Waals surface area contributed by atoms with E-state index in [0.717, 1.165) is 44.9 Å². The van der Waals surface area contributed by atoms with E-state index >= 15 is 0 Å². The summed E-state index contributed by atoms with van der Waals surface area (Å²) in [6, 6.07) is 0. The molecule has 0 aromatic rings. The van der Waals surface area contributed by atoms with Crippen molar-refractivity contribution in [2.45, 2.75) is 155 Å². The summed E-state index contributed by atoms with van der Waals surface area (Å²) in [5.41, 5.74) is -1.49. The van der Waals surface area contributed by atoms with Crippen LogP contribution in [0, 0.1) is 44.8 Å². The number of aliphatic hydroxyl groups is 1. The lowest BCUT2D eigenvalue weighted by molar-refractivity contribution is -0.383. The Hall–Kier alpha value is -1.18. The predicted octanol–water partition coefficient (Wildman–Crippen LogP) is 5.94. The zero-order valence-electron chi connectivity index (χ0n) is 26.7. The summed E-state index contributed by atoms with van der Waals surface area (Å²) >= 11 is 0. The summed E-state index contributed by atoms with van der Waals surface area (Å²) in [7, 11) is 0. The van der Waals surface area contributed by atoms with Gasteiger partial charge in [0.1, 0.15) is 17.8 Å². The molecule has 2 bridgehead atoms. The van der Waals surface area contributed by atoms with Crippen molar-refractivity contribution in [3.8, 4) is 0 Å². The van der Waals surface area contributed by atoms with Crippen molar-refractivity contribution in [1.82, 2.24) is 0 Å². The van der Waals surface area contributed by atoms with Gasteiger partial charge >= 0.3 is 11.9 Å². The molecule has 7 heteroatoms. The molecule has 7 nitrogen and oxygen atoms in total. The SMILES string of the molecule is CC(=O)O[C@H]1C[C@H]2C(C)(C)[C@@H](OC(C)=O)CC[C@@]23C[C@]32CC[C@]3(C)[C@@H]4[C@H](C[C@@]3(C)[C@H]12)O[C@]1(C(C)(C)O)CC[C@@]4(C)O1. The van der Waals surface area contributed by atoms with Crippen LogP contribution in [0.15, 0.2) is 0 Å². The molecule has 7 fully saturated rings. The fraction of sp³-hybridized carbons (Fsp3) is 0.941. The Labute approximate surface area is 245 Å². The highest BCUT2D eigenvalue weighted by Gasteiger charge is 2.86. The van der Waals surface area contributed by atoms with Gasteiger partial charge in [-0.15, -0.1) is 0 Å². The van der Waals surface area contributed by atoms with Gasteiger partial charge in [0.2, 0.25) is 0 Å². The maximum absolute atomic E-state index is 12.7. The maximum atomic E-state index is 12.7. The van der Waals surface area contributed by atoms with Crippen molar-refractivity contribution in [1.29, 1.82) is 0 Å². The molecule has 2 saturated heterocycles. The topological polar surface area (TPSA) is 91.3 Å². The second-order valence-corrected chi connectivity index (χ2v) is 17.3. The van der Waals surface area contributed by atoms with E-state index < -0.39 is 11.4 Å². The zero-order chi connectivity index (χ0) is 29.8. The molecular formula is C34H52O7. The fourth-order valence-electron chi connectivity index (χ4n) is 13.3. The van der Waals surface area contributed by atoms with Crippen LogP contribution in [0.25, 0.3) is 0 Å². The normalized spacial score (nSPS) is 56.0. The first-order chi connectivity index (χ1) is 18.8. The van der Waals surface area contributed by atoms with Crippen LogP contribution in [-0.2, 0) is 28.5 Å². The molecule has 12 atom stereocenters. The summed E-state index contributed by atoms with van der Waals surface area (Å²) in [4.78, 5) is 24.8. The Balaban J connectivity index is 1.31. The minimum absolute atomic E-state index is 0.00521. The first kappa shape index (κ1) is 28.6. The largest absolute Gasteiger partial charge is 0.462 e. The van der Waals surface area contributed by atoms with Gasteiger partial charge in [-0.2, -0.15) is 0 Å². The lowest BCUT2D eigenvalue weighted by Gasteiger charge is -2.65. The van der Waals surface area contributed by atoms with Gasteiger partial charge in [-0.1, -0.05) is 27.7 Å². The molecule has 0 aromatic carbocycles. The summed E-state index contributed by atoms with van der Waals surface area (Å²) in [6.45, 7) is 18.5. The van der Waals surface area contributed by atoms with Gasteiger partial charge in [0.05, 0.1) is 11.7 Å². The van der Waals surface area contributed by atoms with Crippen LogP contribution in [0.3, 0.4) is 0 Å². The molecule has 5 saturated carbocycles. The molecule has 7 aliphatic rings. The van der Waals surface area contributed by atoms with Gasteiger partial charge < -0.3 is 24.1 Å². The Morgan fingerprint density at radius 1 is 0.854 bits per heavy atom. The van der Waals surface area contributed by atoms with E-state index in [0.29, 0.717) is 12.3 Å². The van der Waals surface area contributed by atoms with Crippen LogP contribution in [-0.4, -0.2) is 52.3 Å². The average molecular weight is 573 g/mol. The minimum Gasteiger partial charge on any atom is -0.462 e. The Kier molecular flexibility index (Phi) is 5.51. The van der Waals surface area contributed by atoms with Gasteiger partial charge in [-0.3, -0.25) is 9.59 Å². The van der Waals surface area contributed by atoms with E-state index in [-0.39, 0.29) is 74.8 Å².